The maximum absolute atomic E-state index is 5.06. The van der Waals surface area contributed by atoms with E-state index in [9.17, 15) is 0 Å². The molecule has 0 amide bonds. The topological polar surface area (TPSA) is 3.24 Å². The molecule has 0 aromatic heterocycles. The van der Waals surface area contributed by atoms with Crippen LogP contribution in [0.4, 0.5) is 0 Å². The van der Waals surface area contributed by atoms with Crippen molar-refractivity contribution in [2.75, 3.05) is 13.1 Å². The average Bonchev–Trinajstić information content (AvgIpc) is 2.02. The summed E-state index contributed by atoms with van der Waals surface area (Å²) in [6.45, 7) is 11.0. The molecule has 0 heterocycles. The van der Waals surface area contributed by atoms with E-state index in [-0.39, 0.29) is 21.1 Å². The van der Waals surface area contributed by atoms with Crippen LogP contribution in [0.15, 0.2) is 0 Å². The number of nitrogens with zero attached hydrogens (tertiary/aromatic N) is 1. The molecule has 0 fully saturated rings. The minimum absolute atomic E-state index is 0. The van der Waals surface area contributed by atoms with Crippen LogP contribution in [-0.2, 0) is 33.7 Å². The van der Waals surface area contributed by atoms with Crippen LogP contribution in [0.3, 0.4) is 0 Å². The molecule has 90 valence electrons. The maximum atomic E-state index is 5.06. The molecule has 0 aliphatic heterocycles. The van der Waals surface area contributed by atoms with E-state index in [4.69, 9.17) is 24.8 Å². The van der Waals surface area contributed by atoms with E-state index in [2.05, 4.69) is 32.6 Å². The molecule has 0 bridgehead atoms. The van der Waals surface area contributed by atoms with Crippen LogP contribution in [0.1, 0.15) is 40.5 Å². The Morgan fingerprint density at radius 2 is 1.40 bits per heavy atom. The Morgan fingerprint density at radius 3 is 1.60 bits per heavy atom. The second-order valence-corrected chi connectivity index (χ2v) is 5.65. The van der Waals surface area contributed by atoms with Gasteiger partial charge in [0.05, 0.1) is 0 Å². The maximum Gasteiger partial charge on any atom is 0.0164 e. The normalized spacial score (nSPS) is 10.3. The van der Waals surface area contributed by atoms with Crippen molar-refractivity contribution in [1.82, 2.24) is 4.90 Å². The second kappa shape index (κ2) is 9.98. The van der Waals surface area contributed by atoms with Gasteiger partial charge < -0.3 is 29.7 Å². The van der Waals surface area contributed by atoms with E-state index in [1.807, 2.05) is 0 Å². The smallest absolute Gasteiger partial charge is 0.0164 e. The van der Waals surface area contributed by atoms with E-state index in [1.54, 1.807) is 0 Å². The predicted molar refractivity (Wildman–Crippen MR) is 70.4 cm³/mol. The fraction of sp³-hybridized carbons (Fsp3) is 0.909. The van der Waals surface area contributed by atoms with Gasteiger partial charge in [-0.05, 0) is 24.7 Å². The molecule has 0 N–H and O–H groups in total. The van der Waals surface area contributed by atoms with E-state index in [1.165, 1.54) is 12.8 Å². The SMILES string of the molecule is CC(C)CCN(CCC(C)C)C(=S)[S-].[Mo]. The summed E-state index contributed by atoms with van der Waals surface area (Å²) in [5.74, 6) is 1.45. The first-order valence-electron chi connectivity index (χ1n) is 5.39. The van der Waals surface area contributed by atoms with Crippen LogP contribution in [0.25, 0.3) is 0 Å². The minimum Gasteiger partial charge on any atom is -0.411 e. The van der Waals surface area contributed by atoms with E-state index < -0.39 is 0 Å². The van der Waals surface area contributed by atoms with Crippen molar-refractivity contribution in [1.29, 1.82) is 0 Å². The summed E-state index contributed by atoms with van der Waals surface area (Å²) in [4.78, 5) is 2.16. The zero-order valence-electron chi connectivity index (χ0n) is 10.2. The van der Waals surface area contributed by atoms with E-state index in [0.29, 0.717) is 4.32 Å². The van der Waals surface area contributed by atoms with Gasteiger partial charge in [-0.25, -0.2) is 0 Å². The van der Waals surface area contributed by atoms with Crippen molar-refractivity contribution in [3.8, 4) is 0 Å². The summed E-state index contributed by atoms with van der Waals surface area (Å²) in [5.41, 5.74) is 0. The molecule has 0 rings (SSSR count). The fourth-order valence-corrected chi connectivity index (χ4v) is 1.49. The van der Waals surface area contributed by atoms with Gasteiger partial charge in [-0.2, -0.15) is 0 Å². The Bertz CT molecular complexity index is 160. The largest absolute Gasteiger partial charge is 0.411 e. The third kappa shape index (κ3) is 11.1. The third-order valence-electron chi connectivity index (χ3n) is 2.21. The summed E-state index contributed by atoms with van der Waals surface area (Å²) in [5, 5.41) is 0. The third-order valence-corrected chi connectivity index (χ3v) is 2.73. The van der Waals surface area contributed by atoms with Crippen molar-refractivity contribution < 1.29 is 21.1 Å². The van der Waals surface area contributed by atoms with Crippen LogP contribution >= 0.6 is 12.2 Å². The van der Waals surface area contributed by atoms with Crippen molar-refractivity contribution in [2.24, 2.45) is 11.8 Å². The molecule has 0 radical (unpaired) electrons. The van der Waals surface area contributed by atoms with Crippen LogP contribution in [-0.4, -0.2) is 22.3 Å². The summed E-state index contributed by atoms with van der Waals surface area (Å²) in [6.07, 6.45) is 2.35. The first-order valence-corrected chi connectivity index (χ1v) is 6.21. The van der Waals surface area contributed by atoms with Gasteiger partial charge in [0.2, 0.25) is 0 Å². The van der Waals surface area contributed by atoms with Gasteiger partial charge in [-0.15, -0.1) is 0 Å². The summed E-state index contributed by atoms with van der Waals surface area (Å²) >= 11 is 10.1. The molecule has 0 saturated carbocycles. The zero-order chi connectivity index (χ0) is 11.1. The fourth-order valence-electron chi connectivity index (χ4n) is 1.12. The Hall–Kier alpha value is 0.798. The molecule has 0 aliphatic carbocycles. The van der Waals surface area contributed by atoms with Crippen LogP contribution < -0.4 is 0 Å². The van der Waals surface area contributed by atoms with Gasteiger partial charge in [0.15, 0.2) is 0 Å². The zero-order valence-corrected chi connectivity index (χ0v) is 13.8. The van der Waals surface area contributed by atoms with Crippen LogP contribution in [0.2, 0.25) is 0 Å². The molecule has 0 saturated heterocycles. The first kappa shape index (κ1) is 18.2. The number of rotatable bonds is 6. The number of hydrogen-bond acceptors (Lipinski definition) is 2. The molecular formula is C11H22MoNS2-. The molecule has 1 nitrogen and oxygen atoms in total. The summed E-state index contributed by atoms with van der Waals surface area (Å²) < 4.78 is 0.631. The Kier molecular flexibility index (Phi) is 12.1. The molecule has 15 heavy (non-hydrogen) atoms. The molecule has 4 heteroatoms. The van der Waals surface area contributed by atoms with E-state index in [0.717, 1.165) is 24.9 Å². The standard InChI is InChI=1S/C11H23NS2.Mo/c1-9(2)5-7-12(11(13)14)8-6-10(3)4;/h9-10H,5-8H2,1-4H3,(H,13,14);/p-1. The van der Waals surface area contributed by atoms with Gasteiger partial charge >= 0.3 is 0 Å². The van der Waals surface area contributed by atoms with Gasteiger partial charge in [0.1, 0.15) is 0 Å². The molecule has 0 unspecified atom stereocenters. The average molecular weight is 328 g/mol. The van der Waals surface area contributed by atoms with Crippen molar-refractivity contribution in [3.63, 3.8) is 0 Å². The first-order chi connectivity index (χ1) is 6.43. The monoisotopic (exact) mass is 330 g/mol. The summed E-state index contributed by atoms with van der Waals surface area (Å²) in [6, 6.07) is 0. The predicted octanol–water partition coefficient (Wildman–Crippen LogP) is 3.21. The molecule has 0 aliphatic rings. The molecule has 0 atom stereocenters. The van der Waals surface area contributed by atoms with Crippen molar-refractivity contribution in [2.45, 2.75) is 40.5 Å². The van der Waals surface area contributed by atoms with E-state index >= 15 is 0 Å². The van der Waals surface area contributed by atoms with Crippen LogP contribution in [0, 0.1) is 11.8 Å². The molecule has 0 aromatic carbocycles. The number of thiocarbonyl (C=S) groups is 1. The quantitative estimate of drug-likeness (QED) is 0.419. The van der Waals surface area contributed by atoms with Crippen molar-refractivity contribution in [3.05, 3.63) is 0 Å². The Labute approximate surface area is 120 Å². The van der Waals surface area contributed by atoms with Gasteiger partial charge in [0, 0.05) is 34.2 Å². The second-order valence-electron chi connectivity index (χ2n) is 4.62. The molecular weight excluding hydrogens is 306 g/mol. The van der Waals surface area contributed by atoms with Gasteiger partial charge in [-0.1, -0.05) is 32.0 Å². The van der Waals surface area contributed by atoms with Crippen molar-refractivity contribution >= 4 is 29.2 Å². The summed E-state index contributed by atoms with van der Waals surface area (Å²) in [7, 11) is 0. The van der Waals surface area contributed by atoms with Gasteiger partial charge in [0.25, 0.3) is 0 Å². The molecule has 0 aromatic rings. The minimum atomic E-state index is 0. The molecule has 0 spiro atoms. The Morgan fingerprint density at radius 1 is 1.07 bits per heavy atom. The van der Waals surface area contributed by atoms with Crippen LogP contribution in [0.5, 0.6) is 0 Å². The number of hydrogen-bond donors (Lipinski definition) is 0. The Balaban J connectivity index is 0. The van der Waals surface area contributed by atoms with Gasteiger partial charge in [-0.3, -0.25) is 0 Å².